The first-order valence-electron chi connectivity index (χ1n) is 3.16. The van der Waals surface area contributed by atoms with Gasteiger partial charge in [-0.2, -0.15) is 13.2 Å². The van der Waals surface area contributed by atoms with Gasteiger partial charge in [0, 0.05) is 6.54 Å². The van der Waals surface area contributed by atoms with E-state index in [1.165, 1.54) is 13.8 Å². The van der Waals surface area contributed by atoms with Crippen molar-refractivity contribution in [3.63, 3.8) is 0 Å². The Labute approximate surface area is 58.4 Å². The van der Waals surface area contributed by atoms with Crippen LogP contribution in [0.25, 0.3) is 0 Å². The van der Waals surface area contributed by atoms with Gasteiger partial charge in [-0.15, -0.1) is 0 Å². The molecule has 62 valence electrons. The van der Waals surface area contributed by atoms with Gasteiger partial charge in [0.2, 0.25) is 0 Å². The van der Waals surface area contributed by atoms with Crippen LogP contribution in [0.2, 0.25) is 0 Å². The van der Waals surface area contributed by atoms with Crippen LogP contribution in [0, 0.1) is 11.8 Å². The summed E-state index contributed by atoms with van der Waals surface area (Å²) in [4.78, 5) is 0. The SMILES string of the molecule is CC(C)C(CN)C(F)(F)F. The maximum Gasteiger partial charge on any atom is 0.393 e. The molecule has 0 aromatic carbocycles. The fraction of sp³-hybridized carbons (Fsp3) is 1.00. The summed E-state index contributed by atoms with van der Waals surface area (Å²) in [5.41, 5.74) is 4.94. The number of nitrogens with two attached hydrogens (primary N) is 1. The van der Waals surface area contributed by atoms with Gasteiger partial charge in [0.05, 0.1) is 5.92 Å². The summed E-state index contributed by atoms with van der Waals surface area (Å²) in [5, 5.41) is 0. The van der Waals surface area contributed by atoms with E-state index in [-0.39, 0.29) is 6.54 Å². The lowest BCUT2D eigenvalue weighted by molar-refractivity contribution is -0.182. The molecule has 0 aliphatic heterocycles. The maximum atomic E-state index is 11.9. The molecule has 0 rings (SSSR count). The van der Waals surface area contributed by atoms with Crippen molar-refractivity contribution in [3.05, 3.63) is 0 Å². The zero-order valence-corrected chi connectivity index (χ0v) is 6.07. The zero-order valence-electron chi connectivity index (χ0n) is 6.07. The predicted octanol–water partition coefficient (Wildman–Crippen LogP) is 1.78. The molecule has 0 fully saturated rings. The van der Waals surface area contributed by atoms with Crippen LogP contribution in [-0.4, -0.2) is 12.7 Å². The summed E-state index contributed by atoms with van der Waals surface area (Å²) < 4.78 is 35.7. The molecular weight excluding hydrogens is 143 g/mol. The van der Waals surface area contributed by atoms with E-state index in [1.807, 2.05) is 0 Å². The summed E-state index contributed by atoms with van der Waals surface area (Å²) in [6.07, 6.45) is -4.14. The van der Waals surface area contributed by atoms with Crippen LogP contribution in [0.15, 0.2) is 0 Å². The van der Waals surface area contributed by atoms with Crippen LogP contribution in [-0.2, 0) is 0 Å². The molecule has 1 nitrogen and oxygen atoms in total. The van der Waals surface area contributed by atoms with Crippen LogP contribution >= 0.6 is 0 Å². The number of hydrogen-bond acceptors (Lipinski definition) is 1. The van der Waals surface area contributed by atoms with Crippen molar-refractivity contribution in [2.75, 3.05) is 6.54 Å². The Morgan fingerprint density at radius 2 is 1.70 bits per heavy atom. The van der Waals surface area contributed by atoms with Crippen LogP contribution in [0.1, 0.15) is 13.8 Å². The first-order valence-corrected chi connectivity index (χ1v) is 3.16. The van der Waals surface area contributed by atoms with Gasteiger partial charge < -0.3 is 5.73 Å². The molecule has 0 heterocycles. The molecule has 0 aliphatic rings. The van der Waals surface area contributed by atoms with Gasteiger partial charge in [-0.1, -0.05) is 13.8 Å². The third-order valence-electron chi connectivity index (χ3n) is 1.48. The van der Waals surface area contributed by atoms with Crippen LogP contribution in [0.3, 0.4) is 0 Å². The molecule has 0 spiro atoms. The fourth-order valence-corrected chi connectivity index (χ4v) is 0.784. The number of alkyl halides is 3. The number of halogens is 3. The Hall–Kier alpha value is -0.250. The van der Waals surface area contributed by atoms with Crippen molar-refractivity contribution < 1.29 is 13.2 Å². The fourth-order valence-electron chi connectivity index (χ4n) is 0.784. The van der Waals surface area contributed by atoms with Crippen LogP contribution in [0.4, 0.5) is 13.2 Å². The highest BCUT2D eigenvalue weighted by Gasteiger charge is 2.40. The van der Waals surface area contributed by atoms with Crippen molar-refractivity contribution >= 4 is 0 Å². The van der Waals surface area contributed by atoms with E-state index in [1.54, 1.807) is 0 Å². The summed E-state index contributed by atoms with van der Waals surface area (Å²) in [5.74, 6) is -1.78. The molecule has 0 radical (unpaired) electrons. The Morgan fingerprint density at radius 3 is 1.70 bits per heavy atom. The second-order valence-electron chi connectivity index (χ2n) is 2.63. The van der Waals surface area contributed by atoms with E-state index >= 15 is 0 Å². The van der Waals surface area contributed by atoms with Gasteiger partial charge in [-0.25, -0.2) is 0 Å². The quantitative estimate of drug-likeness (QED) is 0.646. The minimum atomic E-state index is -4.14. The largest absolute Gasteiger partial charge is 0.393 e. The van der Waals surface area contributed by atoms with Gasteiger partial charge in [-0.3, -0.25) is 0 Å². The predicted molar refractivity (Wildman–Crippen MR) is 33.4 cm³/mol. The van der Waals surface area contributed by atoms with Gasteiger partial charge in [-0.05, 0) is 5.92 Å². The Kier molecular flexibility index (Phi) is 3.15. The van der Waals surface area contributed by atoms with Gasteiger partial charge >= 0.3 is 6.18 Å². The average Bonchev–Trinajstić information content (AvgIpc) is 1.60. The van der Waals surface area contributed by atoms with E-state index in [0.29, 0.717) is 0 Å². The first-order chi connectivity index (χ1) is 4.39. The van der Waals surface area contributed by atoms with Gasteiger partial charge in [0.25, 0.3) is 0 Å². The highest BCUT2D eigenvalue weighted by Crippen LogP contribution is 2.30. The Bertz CT molecular complexity index is 97.7. The minimum absolute atomic E-state index is 0.318. The third kappa shape index (κ3) is 2.56. The Balaban J connectivity index is 4.07. The van der Waals surface area contributed by atoms with E-state index in [4.69, 9.17) is 5.73 Å². The molecule has 0 aromatic rings. The molecule has 0 amide bonds. The average molecular weight is 155 g/mol. The van der Waals surface area contributed by atoms with Crippen molar-refractivity contribution in [1.82, 2.24) is 0 Å². The normalized spacial score (nSPS) is 15.9. The molecule has 1 atom stereocenters. The molecule has 0 bridgehead atoms. The van der Waals surface area contributed by atoms with Crippen LogP contribution < -0.4 is 5.73 Å². The molecule has 0 saturated carbocycles. The second-order valence-corrected chi connectivity index (χ2v) is 2.63. The third-order valence-corrected chi connectivity index (χ3v) is 1.48. The number of rotatable bonds is 2. The molecule has 10 heavy (non-hydrogen) atoms. The maximum absolute atomic E-state index is 11.9. The standard InChI is InChI=1S/C6H12F3N/c1-4(2)5(3-10)6(7,8)9/h4-5H,3,10H2,1-2H3. The zero-order chi connectivity index (χ0) is 8.36. The molecular formula is C6H12F3N. The first kappa shape index (κ1) is 9.75. The monoisotopic (exact) mass is 155 g/mol. The molecule has 4 heteroatoms. The van der Waals surface area contributed by atoms with E-state index in [2.05, 4.69) is 0 Å². The van der Waals surface area contributed by atoms with Gasteiger partial charge in [0.1, 0.15) is 0 Å². The summed E-state index contributed by atoms with van der Waals surface area (Å²) in [6, 6.07) is 0. The summed E-state index contributed by atoms with van der Waals surface area (Å²) in [7, 11) is 0. The minimum Gasteiger partial charge on any atom is -0.330 e. The topological polar surface area (TPSA) is 26.0 Å². The van der Waals surface area contributed by atoms with Crippen LogP contribution in [0.5, 0.6) is 0 Å². The lowest BCUT2D eigenvalue weighted by atomic mass is 9.96. The van der Waals surface area contributed by atoms with E-state index in [0.717, 1.165) is 0 Å². The summed E-state index contributed by atoms with van der Waals surface area (Å²) in [6.45, 7) is 2.72. The number of hydrogen-bond donors (Lipinski definition) is 1. The molecule has 0 aromatic heterocycles. The van der Waals surface area contributed by atoms with Crippen molar-refractivity contribution in [2.24, 2.45) is 17.6 Å². The summed E-state index contributed by atoms with van der Waals surface area (Å²) >= 11 is 0. The molecule has 0 aliphatic carbocycles. The highest BCUT2D eigenvalue weighted by atomic mass is 19.4. The second kappa shape index (κ2) is 3.23. The lowest BCUT2D eigenvalue weighted by Gasteiger charge is -2.21. The lowest BCUT2D eigenvalue weighted by Crippen LogP contribution is -2.34. The van der Waals surface area contributed by atoms with E-state index in [9.17, 15) is 13.2 Å². The molecule has 2 N–H and O–H groups in total. The smallest absolute Gasteiger partial charge is 0.330 e. The van der Waals surface area contributed by atoms with Crippen molar-refractivity contribution in [3.8, 4) is 0 Å². The Morgan fingerprint density at radius 1 is 1.30 bits per heavy atom. The molecule has 0 saturated heterocycles. The highest BCUT2D eigenvalue weighted by molar-refractivity contribution is 4.71. The van der Waals surface area contributed by atoms with Gasteiger partial charge in [0.15, 0.2) is 0 Å². The molecule has 1 unspecified atom stereocenters. The van der Waals surface area contributed by atoms with E-state index < -0.39 is 18.0 Å². The van der Waals surface area contributed by atoms with Crippen molar-refractivity contribution in [1.29, 1.82) is 0 Å². The van der Waals surface area contributed by atoms with Crippen molar-refractivity contribution in [2.45, 2.75) is 20.0 Å².